The monoisotopic (exact) mass is 294 g/mol. The number of carbonyl (C=O) groups excluding carboxylic acids is 2. The lowest BCUT2D eigenvalue weighted by Gasteiger charge is -2.26. The number of likely N-dealkylation sites (tertiary alicyclic amines) is 2. The molecule has 1 aliphatic carbocycles. The topological polar surface area (TPSA) is 77.9 Å². The van der Waals surface area contributed by atoms with E-state index in [2.05, 4.69) is 0 Å². The predicted molar refractivity (Wildman–Crippen MR) is 74.4 cm³/mol. The van der Waals surface area contributed by atoms with Crippen LogP contribution in [0.25, 0.3) is 0 Å². The van der Waals surface area contributed by atoms with Gasteiger partial charge in [0.2, 0.25) is 11.8 Å². The first-order valence-electron chi connectivity index (χ1n) is 7.90. The van der Waals surface area contributed by atoms with Crippen molar-refractivity contribution < 1.29 is 19.5 Å². The molecule has 1 saturated carbocycles. The van der Waals surface area contributed by atoms with Crippen LogP contribution < -0.4 is 0 Å². The number of carboxylic acid groups (broad SMARTS) is 1. The lowest BCUT2D eigenvalue weighted by atomic mass is 10.1. The van der Waals surface area contributed by atoms with Gasteiger partial charge >= 0.3 is 5.97 Å². The van der Waals surface area contributed by atoms with Crippen LogP contribution in [0.4, 0.5) is 0 Å². The van der Waals surface area contributed by atoms with Gasteiger partial charge in [0, 0.05) is 25.6 Å². The molecular formula is C15H22N2O4. The summed E-state index contributed by atoms with van der Waals surface area (Å²) in [5, 5.41) is 9.18. The molecule has 2 aliphatic heterocycles. The highest BCUT2D eigenvalue weighted by molar-refractivity contribution is 5.91. The van der Waals surface area contributed by atoms with E-state index < -0.39 is 12.0 Å². The van der Waals surface area contributed by atoms with Crippen molar-refractivity contribution in [3.8, 4) is 0 Å². The third-order valence-electron chi connectivity index (χ3n) is 5.09. The fourth-order valence-electron chi connectivity index (χ4n) is 3.99. The van der Waals surface area contributed by atoms with Gasteiger partial charge in [-0.3, -0.25) is 9.59 Å². The molecule has 3 rings (SSSR count). The van der Waals surface area contributed by atoms with Crippen molar-refractivity contribution in [3.63, 3.8) is 0 Å². The minimum Gasteiger partial charge on any atom is -0.480 e. The molecule has 2 atom stereocenters. The van der Waals surface area contributed by atoms with Gasteiger partial charge in [-0.25, -0.2) is 4.79 Å². The molecule has 2 saturated heterocycles. The van der Waals surface area contributed by atoms with Crippen molar-refractivity contribution >= 4 is 17.8 Å². The quantitative estimate of drug-likeness (QED) is 0.837. The Hall–Kier alpha value is -1.59. The summed E-state index contributed by atoms with van der Waals surface area (Å²) < 4.78 is 0. The van der Waals surface area contributed by atoms with Crippen molar-refractivity contribution in [1.82, 2.24) is 9.80 Å². The van der Waals surface area contributed by atoms with E-state index in [9.17, 15) is 19.5 Å². The predicted octanol–water partition coefficient (Wildman–Crippen LogP) is 0.853. The molecular weight excluding hydrogens is 272 g/mol. The summed E-state index contributed by atoms with van der Waals surface area (Å²) in [6, 6.07) is -0.405. The summed E-state index contributed by atoms with van der Waals surface area (Å²) in [7, 11) is 0. The summed E-state index contributed by atoms with van der Waals surface area (Å²) in [6.45, 7) is 0.981. The Bertz CT molecular complexity index is 459. The molecule has 2 heterocycles. The summed E-state index contributed by atoms with van der Waals surface area (Å²) in [6.07, 6.45) is 5.88. The Morgan fingerprint density at radius 1 is 1.10 bits per heavy atom. The highest BCUT2D eigenvalue weighted by Crippen LogP contribution is 2.31. The van der Waals surface area contributed by atoms with Gasteiger partial charge in [0.25, 0.3) is 0 Å². The van der Waals surface area contributed by atoms with Crippen molar-refractivity contribution in [2.24, 2.45) is 5.92 Å². The Balaban J connectivity index is 1.66. The fraction of sp³-hybridized carbons (Fsp3) is 0.800. The van der Waals surface area contributed by atoms with Crippen LogP contribution in [0.3, 0.4) is 0 Å². The smallest absolute Gasteiger partial charge is 0.326 e. The number of amides is 2. The van der Waals surface area contributed by atoms with Gasteiger partial charge in [0.1, 0.15) is 6.04 Å². The molecule has 2 amide bonds. The Morgan fingerprint density at radius 2 is 1.81 bits per heavy atom. The third-order valence-corrected chi connectivity index (χ3v) is 5.09. The zero-order valence-electron chi connectivity index (χ0n) is 12.2. The normalized spacial score (nSPS) is 30.4. The van der Waals surface area contributed by atoms with Gasteiger partial charge < -0.3 is 14.9 Å². The number of nitrogens with zero attached hydrogens (tertiary/aromatic N) is 2. The number of hydrogen-bond donors (Lipinski definition) is 1. The maximum absolute atomic E-state index is 12.6. The van der Waals surface area contributed by atoms with Crippen LogP contribution in [0.5, 0.6) is 0 Å². The van der Waals surface area contributed by atoms with E-state index in [1.54, 1.807) is 0 Å². The molecule has 0 radical (unpaired) electrons. The van der Waals surface area contributed by atoms with Crippen LogP contribution in [0.1, 0.15) is 44.9 Å². The van der Waals surface area contributed by atoms with Crippen molar-refractivity contribution in [2.75, 3.05) is 13.1 Å². The number of rotatable bonds is 3. The highest BCUT2D eigenvalue weighted by Gasteiger charge is 2.43. The van der Waals surface area contributed by atoms with Crippen LogP contribution >= 0.6 is 0 Å². The van der Waals surface area contributed by atoms with Crippen LogP contribution in [-0.4, -0.2) is 57.9 Å². The first-order valence-corrected chi connectivity index (χ1v) is 7.90. The maximum Gasteiger partial charge on any atom is 0.326 e. The fourth-order valence-corrected chi connectivity index (χ4v) is 3.99. The standard InChI is InChI=1S/C15H22N2O4/c18-13-8-10(9-17(13)11-4-1-2-5-11)14(19)16-7-3-6-12(16)15(20)21/h10-12H,1-9H2,(H,20,21)/t10-,12+/m0/s1. The summed E-state index contributed by atoms with van der Waals surface area (Å²) >= 11 is 0. The molecule has 3 fully saturated rings. The van der Waals surface area contributed by atoms with Gasteiger partial charge in [0.05, 0.1) is 5.92 Å². The second-order valence-electron chi connectivity index (χ2n) is 6.41. The zero-order chi connectivity index (χ0) is 15.0. The minimum absolute atomic E-state index is 0.0614. The number of hydrogen-bond acceptors (Lipinski definition) is 3. The van der Waals surface area contributed by atoms with E-state index in [1.165, 1.54) is 4.90 Å². The van der Waals surface area contributed by atoms with E-state index in [0.717, 1.165) is 32.1 Å². The average molecular weight is 294 g/mol. The number of carbonyl (C=O) groups is 3. The second-order valence-corrected chi connectivity index (χ2v) is 6.41. The van der Waals surface area contributed by atoms with E-state index in [-0.39, 0.29) is 24.2 Å². The van der Waals surface area contributed by atoms with Crippen molar-refractivity contribution in [2.45, 2.75) is 57.0 Å². The number of carboxylic acids is 1. The average Bonchev–Trinajstić information content (AvgIpc) is 3.17. The molecule has 6 nitrogen and oxygen atoms in total. The third kappa shape index (κ3) is 2.63. The Morgan fingerprint density at radius 3 is 2.48 bits per heavy atom. The van der Waals surface area contributed by atoms with Gasteiger partial charge in [-0.05, 0) is 25.7 Å². The molecule has 21 heavy (non-hydrogen) atoms. The molecule has 116 valence electrons. The molecule has 0 aromatic rings. The molecule has 0 aromatic carbocycles. The first-order chi connectivity index (χ1) is 10.1. The SMILES string of the molecule is O=C(O)[C@H]1CCCN1C(=O)[C@H]1CC(=O)N(C2CCCC2)C1. The summed E-state index contributed by atoms with van der Waals surface area (Å²) in [5.41, 5.74) is 0. The Kier molecular flexibility index (Phi) is 3.87. The van der Waals surface area contributed by atoms with E-state index in [0.29, 0.717) is 25.6 Å². The maximum atomic E-state index is 12.6. The minimum atomic E-state index is -0.933. The summed E-state index contributed by atoms with van der Waals surface area (Å²) in [4.78, 5) is 39.2. The molecule has 1 N–H and O–H groups in total. The van der Waals surface area contributed by atoms with E-state index in [1.807, 2.05) is 4.90 Å². The van der Waals surface area contributed by atoms with Crippen LogP contribution in [0, 0.1) is 5.92 Å². The first kappa shape index (κ1) is 14.4. The van der Waals surface area contributed by atoms with Crippen LogP contribution in [0.2, 0.25) is 0 Å². The van der Waals surface area contributed by atoms with E-state index >= 15 is 0 Å². The van der Waals surface area contributed by atoms with Gasteiger partial charge in [0.15, 0.2) is 0 Å². The number of aliphatic carboxylic acids is 1. The largest absolute Gasteiger partial charge is 0.480 e. The van der Waals surface area contributed by atoms with Crippen LogP contribution in [-0.2, 0) is 14.4 Å². The van der Waals surface area contributed by atoms with Crippen molar-refractivity contribution in [1.29, 1.82) is 0 Å². The molecule has 0 spiro atoms. The lowest BCUT2D eigenvalue weighted by Crippen LogP contribution is -2.44. The highest BCUT2D eigenvalue weighted by atomic mass is 16.4. The van der Waals surface area contributed by atoms with Gasteiger partial charge in [-0.1, -0.05) is 12.8 Å². The second kappa shape index (κ2) is 5.66. The van der Waals surface area contributed by atoms with Crippen molar-refractivity contribution in [3.05, 3.63) is 0 Å². The van der Waals surface area contributed by atoms with E-state index in [4.69, 9.17) is 0 Å². The zero-order valence-corrected chi connectivity index (χ0v) is 12.2. The molecule has 6 heteroatoms. The Labute approximate surface area is 124 Å². The molecule has 0 aromatic heterocycles. The lowest BCUT2D eigenvalue weighted by molar-refractivity contribution is -0.149. The summed E-state index contributed by atoms with van der Waals surface area (Å²) in [5.74, 6) is -1.36. The molecule has 3 aliphatic rings. The van der Waals surface area contributed by atoms with Gasteiger partial charge in [-0.2, -0.15) is 0 Å². The molecule has 0 unspecified atom stereocenters. The molecule has 0 bridgehead atoms. The van der Waals surface area contributed by atoms with Crippen LogP contribution in [0.15, 0.2) is 0 Å². The van der Waals surface area contributed by atoms with Gasteiger partial charge in [-0.15, -0.1) is 0 Å².